The number of carbonyl (C=O) groups excluding carboxylic acids is 2. The van der Waals surface area contributed by atoms with Crippen LogP contribution >= 0.6 is 46.2 Å². The number of carboxylic acid groups (broad SMARTS) is 1. The molecule has 2 aromatic heterocycles. The van der Waals surface area contributed by atoms with Gasteiger partial charge in [-0.15, -0.1) is 39.2 Å². The number of amides is 2. The van der Waals surface area contributed by atoms with E-state index in [1.807, 2.05) is 17.5 Å². The molecule has 2 amide bonds. The average Bonchev–Trinajstić information content (AvgIpc) is 3.43. The predicted octanol–water partition coefficient (Wildman–Crippen LogP) is 2.83. The van der Waals surface area contributed by atoms with Gasteiger partial charge in [-0.1, -0.05) is 17.4 Å². The fraction of sp³-hybridized carbons (Fsp3) is 0.389. The first-order valence-corrected chi connectivity index (χ1v) is 13.8. The molecule has 4 rings (SSSR count). The molecule has 4 heterocycles. The van der Waals surface area contributed by atoms with Crippen molar-refractivity contribution in [3.63, 3.8) is 0 Å². The molecule has 2 aliphatic heterocycles. The first kappa shape index (κ1) is 22.0. The Labute approximate surface area is 193 Å². The van der Waals surface area contributed by atoms with Crippen LogP contribution in [-0.2, 0) is 25.7 Å². The van der Waals surface area contributed by atoms with Crippen molar-refractivity contribution in [1.82, 2.24) is 9.21 Å². The third-order valence-electron chi connectivity index (χ3n) is 4.97. The van der Waals surface area contributed by atoms with E-state index in [1.165, 1.54) is 46.7 Å². The van der Waals surface area contributed by atoms with Gasteiger partial charge in [0, 0.05) is 31.0 Å². The Hall–Kier alpha value is -1.18. The second kappa shape index (κ2) is 8.75. The van der Waals surface area contributed by atoms with Gasteiger partial charge in [0.1, 0.15) is 22.2 Å². The van der Waals surface area contributed by atoms with Crippen molar-refractivity contribution in [2.45, 2.75) is 26.8 Å². The molecule has 2 fully saturated rings. The highest BCUT2D eigenvalue weighted by atomic mass is 32.2. The van der Waals surface area contributed by atoms with Crippen molar-refractivity contribution < 1.29 is 24.0 Å². The standard InChI is InChI=1S/C18H18N2O5S5/c1-11(21)20(30(25)13-5-3-7-27-13)14-15(22)19-8-18(17(23)24,10-29-16(14)19)9-28-12-4-2-6-26-12/h2-7,14,16H,8-10H2,1H3,(H,23,24)/t14?,16-,18?,30?/m1/s1. The van der Waals surface area contributed by atoms with E-state index in [1.54, 1.807) is 28.8 Å². The Bertz CT molecular complexity index is 937. The molecule has 0 spiro atoms. The Morgan fingerprint density at radius 1 is 1.37 bits per heavy atom. The maximum atomic E-state index is 12.9. The topological polar surface area (TPSA) is 101 Å². The summed E-state index contributed by atoms with van der Waals surface area (Å²) in [5, 5.41) is 13.3. The van der Waals surface area contributed by atoms with E-state index in [2.05, 4.69) is 0 Å². The lowest BCUT2D eigenvalue weighted by Crippen LogP contribution is -2.74. The molecule has 2 saturated heterocycles. The molecule has 160 valence electrons. The second-order valence-corrected chi connectivity index (χ2v) is 12.8. The van der Waals surface area contributed by atoms with E-state index < -0.39 is 34.7 Å². The number of β-lactam (4-membered cyclic amide) rings is 1. The van der Waals surface area contributed by atoms with Gasteiger partial charge < -0.3 is 14.6 Å². The normalized spacial score (nSPS) is 26.6. The number of hydrogen-bond donors (Lipinski definition) is 1. The third kappa shape index (κ3) is 3.89. The highest BCUT2D eigenvalue weighted by molar-refractivity contribution is 8.01. The average molecular weight is 503 g/mol. The number of carboxylic acids is 1. The van der Waals surface area contributed by atoms with E-state index in [4.69, 9.17) is 0 Å². The fourth-order valence-electron chi connectivity index (χ4n) is 3.40. The Balaban J connectivity index is 1.50. The molecule has 2 aromatic rings. The molecule has 12 heteroatoms. The van der Waals surface area contributed by atoms with Gasteiger partial charge in [0.05, 0.1) is 4.21 Å². The molecule has 30 heavy (non-hydrogen) atoms. The highest BCUT2D eigenvalue weighted by Gasteiger charge is 2.62. The quantitative estimate of drug-likeness (QED) is 0.353. The number of rotatable bonds is 7. The van der Waals surface area contributed by atoms with Gasteiger partial charge in [0.15, 0.2) is 6.04 Å². The molecular formula is C18H18N2O5S5. The molecule has 0 aromatic carbocycles. The zero-order valence-electron chi connectivity index (χ0n) is 15.8. The van der Waals surface area contributed by atoms with Crippen molar-refractivity contribution in [3.8, 4) is 0 Å². The summed E-state index contributed by atoms with van der Waals surface area (Å²) in [7, 11) is 0. The monoisotopic (exact) mass is 502 g/mol. The summed E-state index contributed by atoms with van der Waals surface area (Å²) in [6, 6.07) is 6.43. The number of aliphatic carboxylic acids is 1. The van der Waals surface area contributed by atoms with Crippen molar-refractivity contribution in [2.24, 2.45) is 5.41 Å². The smallest absolute Gasteiger partial charge is 0.313 e. The maximum absolute atomic E-state index is 12.9. The Morgan fingerprint density at radius 2 is 2.10 bits per heavy atom. The molecule has 3 unspecified atom stereocenters. The Kier molecular flexibility index (Phi) is 6.43. The van der Waals surface area contributed by atoms with Gasteiger partial charge in [-0.3, -0.25) is 14.4 Å². The van der Waals surface area contributed by atoms with E-state index in [0.29, 0.717) is 15.7 Å². The molecule has 7 nitrogen and oxygen atoms in total. The van der Waals surface area contributed by atoms with E-state index in [9.17, 15) is 24.0 Å². The number of thiophene rings is 2. The van der Waals surface area contributed by atoms with Gasteiger partial charge >= 0.3 is 5.97 Å². The van der Waals surface area contributed by atoms with Gasteiger partial charge in [0.25, 0.3) is 11.8 Å². The molecule has 4 atom stereocenters. The summed E-state index contributed by atoms with van der Waals surface area (Å²) in [4.78, 5) is 38.9. The molecule has 0 aliphatic carbocycles. The van der Waals surface area contributed by atoms with Crippen molar-refractivity contribution in [2.75, 3.05) is 18.1 Å². The summed E-state index contributed by atoms with van der Waals surface area (Å²) in [5.74, 6) is -1.04. The number of nitrogens with zero attached hydrogens (tertiary/aromatic N) is 2. The molecule has 2 aliphatic rings. The number of fused-ring (bicyclic) bond motifs is 1. The van der Waals surface area contributed by atoms with Crippen molar-refractivity contribution >= 4 is 75.3 Å². The molecular weight excluding hydrogens is 485 g/mol. The first-order chi connectivity index (χ1) is 14.3. The van der Waals surface area contributed by atoms with E-state index in [0.717, 1.165) is 8.51 Å². The third-order valence-corrected chi connectivity index (χ3v) is 11.7. The van der Waals surface area contributed by atoms with Gasteiger partial charge in [-0.25, -0.2) is 0 Å². The lowest BCUT2D eigenvalue weighted by molar-refractivity contribution is -0.161. The molecule has 0 saturated carbocycles. The van der Waals surface area contributed by atoms with Crippen LogP contribution in [0.4, 0.5) is 0 Å². The minimum Gasteiger partial charge on any atom is -0.587 e. The maximum Gasteiger partial charge on any atom is 0.313 e. The summed E-state index contributed by atoms with van der Waals surface area (Å²) < 4.78 is 15.6. The zero-order chi connectivity index (χ0) is 21.5. The summed E-state index contributed by atoms with van der Waals surface area (Å²) in [6.45, 7) is 1.39. The lowest BCUT2D eigenvalue weighted by Gasteiger charge is -2.54. The van der Waals surface area contributed by atoms with Crippen LogP contribution in [0.25, 0.3) is 0 Å². The molecule has 0 bridgehead atoms. The SMILES string of the molecule is CC(=O)N(C1C(=O)N2CC(CSc3cccs3)(C(=O)O)CS[C@H]12)[S+]([O-])c1cccs1. The van der Waals surface area contributed by atoms with E-state index in [-0.39, 0.29) is 17.8 Å². The summed E-state index contributed by atoms with van der Waals surface area (Å²) >= 11 is 3.88. The molecule has 0 radical (unpaired) electrons. The van der Waals surface area contributed by atoms with Crippen molar-refractivity contribution in [3.05, 3.63) is 35.0 Å². The zero-order valence-corrected chi connectivity index (χ0v) is 19.8. The number of hydrogen-bond acceptors (Lipinski definition) is 8. The largest absolute Gasteiger partial charge is 0.587 e. The molecule has 1 N–H and O–H groups in total. The van der Waals surface area contributed by atoms with Crippen molar-refractivity contribution in [1.29, 1.82) is 0 Å². The van der Waals surface area contributed by atoms with Crippen LogP contribution < -0.4 is 0 Å². The van der Waals surface area contributed by atoms with Crippen LogP contribution in [0, 0.1) is 5.41 Å². The minimum atomic E-state index is -1.76. The Morgan fingerprint density at radius 3 is 2.70 bits per heavy atom. The lowest BCUT2D eigenvalue weighted by atomic mass is 9.89. The van der Waals surface area contributed by atoms with Crippen LogP contribution in [0.15, 0.2) is 43.4 Å². The fourth-order valence-corrected chi connectivity index (χ4v) is 9.38. The number of thioether (sulfide) groups is 2. The predicted molar refractivity (Wildman–Crippen MR) is 120 cm³/mol. The van der Waals surface area contributed by atoms with Crippen LogP contribution in [0.1, 0.15) is 6.92 Å². The van der Waals surface area contributed by atoms with Gasteiger partial charge in [-0.05, 0) is 22.9 Å². The van der Waals surface area contributed by atoms with Crippen LogP contribution in [0.2, 0.25) is 0 Å². The summed E-state index contributed by atoms with van der Waals surface area (Å²) in [6.07, 6.45) is 0. The minimum absolute atomic E-state index is 0.0884. The first-order valence-electron chi connectivity index (χ1n) is 8.91. The van der Waals surface area contributed by atoms with E-state index >= 15 is 0 Å². The number of carbonyl (C=O) groups is 3. The van der Waals surface area contributed by atoms with Gasteiger partial charge in [-0.2, -0.15) is 0 Å². The summed E-state index contributed by atoms with van der Waals surface area (Å²) in [5.41, 5.74) is -1.07. The highest BCUT2D eigenvalue weighted by Crippen LogP contribution is 2.47. The van der Waals surface area contributed by atoms with Crippen LogP contribution in [0.5, 0.6) is 0 Å². The van der Waals surface area contributed by atoms with Crippen LogP contribution in [0.3, 0.4) is 0 Å². The second-order valence-electron chi connectivity index (χ2n) is 6.94. The van der Waals surface area contributed by atoms with Gasteiger partial charge in [0.2, 0.25) is 4.21 Å². The van der Waals surface area contributed by atoms with Crippen LogP contribution in [-0.4, -0.2) is 66.1 Å².